The molecule has 21 heavy (non-hydrogen) atoms. The summed E-state index contributed by atoms with van der Waals surface area (Å²) >= 11 is 1.95. The number of nitrogens with one attached hydrogen (secondary N) is 1. The first-order valence-corrected chi connectivity index (χ1v) is 9.05. The number of aliphatic hydroxyl groups excluding tert-OH is 1. The van der Waals surface area contributed by atoms with Crippen LogP contribution < -0.4 is 5.32 Å². The van der Waals surface area contributed by atoms with Gasteiger partial charge in [0.05, 0.1) is 6.61 Å². The first-order chi connectivity index (χ1) is 10.0. The van der Waals surface area contributed by atoms with E-state index in [1.165, 1.54) is 22.4 Å². The van der Waals surface area contributed by atoms with E-state index in [0.717, 1.165) is 31.6 Å². The molecule has 0 aliphatic rings. The third kappa shape index (κ3) is 6.86. The Labute approximate surface area is 134 Å². The van der Waals surface area contributed by atoms with E-state index in [-0.39, 0.29) is 12.1 Å². The minimum Gasteiger partial charge on any atom is -0.394 e. The Morgan fingerprint density at radius 2 is 2.00 bits per heavy atom. The molecule has 2 N–H and O–H groups in total. The Hall–Kier alpha value is -0.510. The highest BCUT2D eigenvalue weighted by molar-refractivity contribution is 7.99. The van der Waals surface area contributed by atoms with Crippen LogP contribution in [0.2, 0.25) is 0 Å². The predicted octanol–water partition coefficient (Wildman–Crippen LogP) is 4.32. The minimum absolute atomic E-state index is 0.111. The summed E-state index contributed by atoms with van der Waals surface area (Å²) < 4.78 is 0. The molecule has 0 aromatic heterocycles. The second-order valence-electron chi connectivity index (χ2n) is 6.22. The average Bonchev–Trinajstić information content (AvgIpc) is 2.48. The summed E-state index contributed by atoms with van der Waals surface area (Å²) in [7, 11) is 0. The quantitative estimate of drug-likeness (QED) is 0.499. The molecule has 0 saturated heterocycles. The third-order valence-corrected chi connectivity index (χ3v) is 5.12. The van der Waals surface area contributed by atoms with Gasteiger partial charge in [0, 0.05) is 10.4 Å². The van der Waals surface area contributed by atoms with Crippen molar-refractivity contribution in [2.75, 3.05) is 18.9 Å². The standard InChI is InChI=1S/C18H31NOS/c1-5-11-19-18(4,14-20)10-6-7-12-21-17-13-15(2)8-9-16(17)3/h8-9,13,19-20H,5-7,10-12,14H2,1-4H3. The molecule has 1 aromatic rings. The maximum absolute atomic E-state index is 9.55. The van der Waals surface area contributed by atoms with Gasteiger partial charge in [-0.15, -0.1) is 11.8 Å². The molecule has 0 spiro atoms. The largest absolute Gasteiger partial charge is 0.394 e. The lowest BCUT2D eigenvalue weighted by Crippen LogP contribution is -2.46. The van der Waals surface area contributed by atoms with Gasteiger partial charge in [-0.2, -0.15) is 0 Å². The zero-order valence-electron chi connectivity index (χ0n) is 14.0. The number of hydrogen-bond acceptors (Lipinski definition) is 3. The van der Waals surface area contributed by atoms with Gasteiger partial charge in [-0.05, 0) is 64.0 Å². The van der Waals surface area contributed by atoms with Crippen molar-refractivity contribution in [2.24, 2.45) is 0 Å². The summed E-state index contributed by atoms with van der Waals surface area (Å²) in [6.07, 6.45) is 4.50. The maximum Gasteiger partial charge on any atom is 0.0610 e. The van der Waals surface area contributed by atoms with Crippen LogP contribution in [0, 0.1) is 13.8 Å². The van der Waals surface area contributed by atoms with Crippen LogP contribution in [0.25, 0.3) is 0 Å². The Morgan fingerprint density at radius 1 is 1.24 bits per heavy atom. The second kappa shape index (κ2) is 9.50. The fraction of sp³-hybridized carbons (Fsp3) is 0.667. The monoisotopic (exact) mass is 309 g/mol. The summed E-state index contributed by atoms with van der Waals surface area (Å²) in [6, 6.07) is 6.65. The van der Waals surface area contributed by atoms with Crippen LogP contribution in [0.5, 0.6) is 0 Å². The van der Waals surface area contributed by atoms with E-state index in [1.54, 1.807) is 0 Å². The molecule has 0 radical (unpaired) electrons. The summed E-state index contributed by atoms with van der Waals surface area (Å²) in [5.41, 5.74) is 2.59. The fourth-order valence-electron chi connectivity index (χ4n) is 2.31. The zero-order chi connectivity index (χ0) is 15.7. The van der Waals surface area contributed by atoms with Crippen LogP contribution in [0.3, 0.4) is 0 Å². The van der Waals surface area contributed by atoms with E-state index in [1.807, 2.05) is 11.8 Å². The van der Waals surface area contributed by atoms with Crippen molar-refractivity contribution in [3.8, 4) is 0 Å². The molecule has 2 nitrogen and oxygen atoms in total. The Morgan fingerprint density at radius 3 is 2.67 bits per heavy atom. The van der Waals surface area contributed by atoms with E-state index in [0.29, 0.717) is 0 Å². The molecule has 0 aliphatic heterocycles. The molecule has 120 valence electrons. The topological polar surface area (TPSA) is 32.3 Å². The number of unbranched alkanes of at least 4 members (excludes halogenated alkanes) is 1. The molecule has 1 unspecified atom stereocenters. The molecule has 1 aromatic carbocycles. The van der Waals surface area contributed by atoms with Crippen molar-refractivity contribution in [1.29, 1.82) is 0 Å². The number of benzene rings is 1. The van der Waals surface area contributed by atoms with Crippen molar-refractivity contribution < 1.29 is 5.11 Å². The van der Waals surface area contributed by atoms with Gasteiger partial charge in [0.15, 0.2) is 0 Å². The van der Waals surface area contributed by atoms with Crippen LogP contribution >= 0.6 is 11.8 Å². The average molecular weight is 310 g/mol. The number of aryl methyl sites for hydroxylation is 2. The van der Waals surface area contributed by atoms with Gasteiger partial charge in [-0.1, -0.05) is 31.0 Å². The molecule has 0 bridgehead atoms. The van der Waals surface area contributed by atoms with Gasteiger partial charge in [-0.25, -0.2) is 0 Å². The first kappa shape index (κ1) is 18.5. The van der Waals surface area contributed by atoms with E-state index in [2.05, 4.69) is 51.2 Å². The molecular weight excluding hydrogens is 278 g/mol. The summed E-state index contributed by atoms with van der Waals surface area (Å²) in [5, 5.41) is 13.0. The molecule has 3 heteroatoms. The molecule has 0 heterocycles. The van der Waals surface area contributed by atoms with Crippen LogP contribution in [0.15, 0.2) is 23.1 Å². The van der Waals surface area contributed by atoms with Crippen molar-refractivity contribution in [2.45, 2.75) is 63.8 Å². The molecular formula is C18H31NOS. The summed E-state index contributed by atoms with van der Waals surface area (Å²) in [4.78, 5) is 1.41. The Balaban J connectivity index is 2.29. The Bertz CT molecular complexity index is 422. The SMILES string of the molecule is CCCNC(C)(CO)CCCCSc1cc(C)ccc1C. The van der Waals surface area contributed by atoms with Gasteiger partial charge in [0.1, 0.15) is 0 Å². The van der Waals surface area contributed by atoms with E-state index < -0.39 is 0 Å². The normalized spacial score (nSPS) is 14.1. The van der Waals surface area contributed by atoms with Gasteiger partial charge in [-0.3, -0.25) is 0 Å². The molecule has 0 amide bonds. The van der Waals surface area contributed by atoms with E-state index >= 15 is 0 Å². The van der Waals surface area contributed by atoms with Crippen molar-refractivity contribution in [3.05, 3.63) is 29.3 Å². The molecule has 1 rings (SSSR count). The second-order valence-corrected chi connectivity index (χ2v) is 7.36. The van der Waals surface area contributed by atoms with Crippen LogP contribution in [0.1, 0.15) is 50.7 Å². The highest BCUT2D eigenvalue weighted by atomic mass is 32.2. The van der Waals surface area contributed by atoms with Crippen molar-refractivity contribution in [3.63, 3.8) is 0 Å². The van der Waals surface area contributed by atoms with Crippen LogP contribution in [-0.4, -0.2) is 29.5 Å². The molecule has 0 aliphatic carbocycles. The highest BCUT2D eigenvalue weighted by Crippen LogP contribution is 2.25. The van der Waals surface area contributed by atoms with Gasteiger partial charge in [0.2, 0.25) is 0 Å². The number of aliphatic hydroxyl groups is 1. The molecule has 0 fully saturated rings. The zero-order valence-corrected chi connectivity index (χ0v) is 14.9. The highest BCUT2D eigenvalue weighted by Gasteiger charge is 2.21. The van der Waals surface area contributed by atoms with Gasteiger partial charge < -0.3 is 10.4 Å². The minimum atomic E-state index is -0.111. The van der Waals surface area contributed by atoms with E-state index in [4.69, 9.17) is 0 Å². The predicted molar refractivity (Wildman–Crippen MR) is 94.3 cm³/mol. The summed E-state index contributed by atoms with van der Waals surface area (Å²) in [6.45, 7) is 9.81. The fourth-order valence-corrected chi connectivity index (χ4v) is 3.45. The summed E-state index contributed by atoms with van der Waals surface area (Å²) in [5.74, 6) is 1.15. The smallest absolute Gasteiger partial charge is 0.0610 e. The van der Waals surface area contributed by atoms with Crippen molar-refractivity contribution in [1.82, 2.24) is 5.32 Å². The van der Waals surface area contributed by atoms with Gasteiger partial charge >= 0.3 is 0 Å². The number of rotatable bonds is 10. The lowest BCUT2D eigenvalue weighted by molar-refractivity contribution is 0.163. The maximum atomic E-state index is 9.55. The number of thioether (sulfide) groups is 1. The van der Waals surface area contributed by atoms with Gasteiger partial charge in [0.25, 0.3) is 0 Å². The first-order valence-electron chi connectivity index (χ1n) is 8.06. The van der Waals surface area contributed by atoms with Crippen LogP contribution in [0.4, 0.5) is 0 Å². The lowest BCUT2D eigenvalue weighted by Gasteiger charge is -2.28. The molecule has 0 saturated carbocycles. The lowest BCUT2D eigenvalue weighted by atomic mass is 9.96. The third-order valence-electron chi connectivity index (χ3n) is 3.87. The molecule has 1 atom stereocenters. The Kier molecular flexibility index (Phi) is 8.38. The van der Waals surface area contributed by atoms with E-state index in [9.17, 15) is 5.11 Å². The van der Waals surface area contributed by atoms with Crippen molar-refractivity contribution >= 4 is 11.8 Å². The van der Waals surface area contributed by atoms with Crippen LogP contribution in [-0.2, 0) is 0 Å². The number of hydrogen-bond donors (Lipinski definition) is 2.